The van der Waals surface area contributed by atoms with Gasteiger partial charge in [-0.25, -0.2) is 0 Å². The molecule has 2 rings (SSSR count). The lowest BCUT2D eigenvalue weighted by molar-refractivity contribution is -0.138. The highest BCUT2D eigenvalue weighted by atomic mass is 16.7. The molecule has 1 saturated carbocycles. The molecule has 0 bridgehead atoms. The van der Waals surface area contributed by atoms with Crippen molar-refractivity contribution in [1.82, 2.24) is 5.32 Å². The predicted molar refractivity (Wildman–Crippen MR) is 45.9 cm³/mol. The van der Waals surface area contributed by atoms with Gasteiger partial charge in [-0.15, -0.1) is 0 Å². The Labute approximate surface area is 73.4 Å². The van der Waals surface area contributed by atoms with Crippen molar-refractivity contribution in [3.8, 4) is 0 Å². The maximum atomic E-state index is 5.46. The van der Waals surface area contributed by atoms with Crippen LogP contribution in [0.3, 0.4) is 0 Å². The normalized spacial score (nSPS) is 27.8. The van der Waals surface area contributed by atoms with Crippen LogP contribution in [0.1, 0.15) is 19.8 Å². The van der Waals surface area contributed by atoms with Crippen molar-refractivity contribution in [2.75, 3.05) is 26.3 Å². The average molecular weight is 171 g/mol. The van der Waals surface area contributed by atoms with Crippen LogP contribution in [-0.2, 0) is 9.47 Å². The molecule has 3 nitrogen and oxygen atoms in total. The van der Waals surface area contributed by atoms with E-state index in [4.69, 9.17) is 9.47 Å². The molecular formula is C9H17NO2. The molecule has 0 amide bonds. The number of hydrogen-bond acceptors (Lipinski definition) is 3. The molecule has 0 aromatic carbocycles. The number of hydrogen-bond donors (Lipinski definition) is 1. The fourth-order valence-corrected chi connectivity index (χ4v) is 1.48. The first-order valence-corrected chi connectivity index (χ1v) is 4.77. The van der Waals surface area contributed by atoms with E-state index in [2.05, 4.69) is 5.32 Å². The summed E-state index contributed by atoms with van der Waals surface area (Å²) in [5, 5.41) is 3.38. The van der Waals surface area contributed by atoms with E-state index in [1.807, 2.05) is 6.92 Å². The Bertz CT molecular complexity index is 151. The second-order valence-electron chi connectivity index (χ2n) is 3.91. The van der Waals surface area contributed by atoms with Crippen molar-refractivity contribution >= 4 is 0 Å². The van der Waals surface area contributed by atoms with Gasteiger partial charge >= 0.3 is 0 Å². The predicted octanol–water partition coefficient (Wildman–Crippen LogP) is 0.749. The molecule has 1 saturated heterocycles. The zero-order valence-electron chi connectivity index (χ0n) is 7.64. The molecule has 2 aliphatic rings. The summed E-state index contributed by atoms with van der Waals surface area (Å²) in [5.41, 5.74) is 0. The molecule has 0 aromatic rings. The highest BCUT2D eigenvalue weighted by molar-refractivity contribution is 4.78. The van der Waals surface area contributed by atoms with E-state index in [1.165, 1.54) is 12.8 Å². The zero-order valence-corrected chi connectivity index (χ0v) is 7.64. The van der Waals surface area contributed by atoms with Crippen molar-refractivity contribution < 1.29 is 9.47 Å². The minimum Gasteiger partial charge on any atom is -0.347 e. The molecule has 1 aliphatic heterocycles. The van der Waals surface area contributed by atoms with Crippen molar-refractivity contribution in [3.05, 3.63) is 0 Å². The van der Waals surface area contributed by atoms with E-state index in [0.29, 0.717) is 0 Å². The summed E-state index contributed by atoms with van der Waals surface area (Å²) in [6, 6.07) is 0. The molecule has 1 aliphatic carbocycles. The van der Waals surface area contributed by atoms with Gasteiger partial charge in [0.05, 0.1) is 13.2 Å². The molecule has 0 aromatic heterocycles. The molecule has 1 heterocycles. The second kappa shape index (κ2) is 3.32. The van der Waals surface area contributed by atoms with E-state index >= 15 is 0 Å². The monoisotopic (exact) mass is 171 g/mol. The molecule has 0 spiro atoms. The van der Waals surface area contributed by atoms with E-state index < -0.39 is 0 Å². The van der Waals surface area contributed by atoms with Crippen LogP contribution >= 0.6 is 0 Å². The molecule has 12 heavy (non-hydrogen) atoms. The highest BCUT2D eigenvalue weighted by Crippen LogP contribution is 2.27. The van der Waals surface area contributed by atoms with Crippen molar-refractivity contribution in [2.45, 2.75) is 25.6 Å². The Morgan fingerprint density at radius 1 is 1.33 bits per heavy atom. The summed E-state index contributed by atoms with van der Waals surface area (Å²) in [6.07, 6.45) is 2.79. The summed E-state index contributed by atoms with van der Waals surface area (Å²) in [5.74, 6) is 0.574. The first-order valence-electron chi connectivity index (χ1n) is 4.77. The fourth-order valence-electron chi connectivity index (χ4n) is 1.48. The van der Waals surface area contributed by atoms with E-state index in [-0.39, 0.29) is 5.79 Å². The Morgan fingerprint density at radius 3 is 2.58 bits per heavy atom. The van der Waals surface area contributed by atoms with Crippen LogP contribution in [0, 0.1) is 5.92 Å². The van der Waals surface area contributed by atoms with Gasteiger partial charge in [0.2, 0.25) is 0 Å². The second-order valence-corrected chi connectivity index (χ2v) is 3.91. The lowest BCUT2D eigenvalue weighted by atomic mass is 10.3. The fraction of sp³-hybridized carbons (Fsp3) is 1.00. The average Bonchev–Trinajstić information content (AvgIpc) is 2.75. The summed E-state index contributed by atoms with van der Waals surface area (Å²) in [7, 11) is 0. The van der Waals surface area contributed by atoms with Gasteiger partial charge in [0.1, 0.15) is 0 Å². The summed E-state index contributed by atoms with van der Waals surface area (Å²) in [6.45, 7) is 5.43. The molecule has 0 radical (unpaired) electrons. The molecule has 2 fully saturated rings. The van der Waals surface area contributed by atoms with E-state index in [1.54, 1.807) is 0 Å². The van der Waals surface area contributed by atoms with E-state index in [0.717, 1.165) is 32.2 Å². The number of rotatable bonds is 4. The van der Waals surface area contributed by atoms with Crippen LogP contribution in [0.2, 0.25) is 0 Å². The quantitative estimate of drug-likeness (QED) is 0.677. The zero-order chi connectivity index (χ0) is 8.44. The van der Waals surface area contributed by atoms with Crippen LogP contribution in [0.4, 0.5) is 0 Å². The summed E-state index contributed by atoms with van der Waals surface area (Å²) >= 11 is 0. The molecule has 0 atom stereocenters. The summed E-state index contributed by atoms with van der Waals surface area (Å²) < 4.78 is 10.9. The van der Waals surface area contributed by atoms with Gasteiger partial charge in [-0.05, 0) is 32.2 Å². The SMILES string of the molecule is CC1(CNCC2CC2)OCCO1. The van der Waals surface area contributed by atoms with Crippen LogP contribution in [0.15, 0.2) is 0 Å². The molecular weight excluding hydrogens is 154 g/mol. The van der Waals surface area contributed by atoms with Gasteiger partial charge in [-0.1, -0.05) is 0 Å². The van der Waals surface area contributed by atoms with Gasteiger partial charge in [0.15, 0.2) is 5.79 Å². The van der Waals surface area contributed by atoms with Crippen LogP contribution in [0.25, 0.3) is 0 Å². The maximum Gasteiger partial charge on any atom is 0.178 e. The first kappa shape index (κ1) is 8.48. The topological polar surface area (TPSA) is 30.5 Å². The van der Waals surface area contributed by atoms with E-state index in [9.17, 15) is 0 Å². The van der Waals surface area contributed by atoms with Gasteiger partial charge in [-0.2, -0.15) is 0 Å². The molecule has 0 unspecified atom stereocenters. The third-order valence-electron chi connectivity index (χ3n) is 2.47. The largest absolute Gasteiger partial charge is 0.347 e. The first-order chi connectivity index (χ1) is 5.79. The minimum absolute atomic E-state index is 0.352. The lowest BCUT2D eigenvalue weighted by Gasteiger charge is -2.22. The van der Waals surface area contributed by atoms with Gasteiger partial charge in [0, 0.05) is 6.54 Å². The van der Waals surface area contributed by atoms with Crippen molar-refractivity contribution in [2.24, 2.45) is 5.92 Å². The highest BCUT2D eigenvalue weighted by Gasteiger charge is 2.31. The lowest BCUT2D eigenvalue weighted by Crippen LogP contribution is -2.39. The Kier molecular flexibility index (Phi) is 2.35. The maximum absolute atomic E-state index is 5.46. The third-order valence-corrected chi connectivity index (χ3v) is 2.47. The molecule has 70 valence electrons. The molecule has 3 heteroatoms. The molecule has 1 N–H and O–H groups in total. The van der Waals surface area contributed by atoms with Crippen LogP contribution in [0.5, 0.6) is 0 Å². The summed E-state index contributed by atoms with van der Waals surface area (Å²) in [4.78, 5) is 0. The Balaban J connectivity index is 1.63. The van der Waals surface area contributed by atoms with Crippen LogP contribution < -0.4 is 5.32 Å². The van der Waals surface area contributed by atoms with Crippen LogP contribution in [-0.4, -0.2) is 32.1 Å². The van der Waals surface area contributed by atoms with Gasteiger partial charge in [0.25, 0.3) is 0 Å². The smallest absolute Gasteiger partial charge is 0.178 e. The van der Waals surface area contributed by atoms with Crippen molar-refractivity contribution in [1.29, 1.82) is 0 Å². The van der Waals surface area contributed by atoms with Crippen molar-refractivity contribution in [3.63, 3.8) is 0 Å². The minimum atomic E-state index is -0.352. The Hall–Kier alpha value is -0.120. The van der Waals surface area contributed by atoms with Gasteiger partial charge < -0.3 is 14.8 Å². The van der Waals surface area contributed by atoms with Gasteiger partial charge in [-0.3, -0.25) is 0 Å². The number of ether oxygens (including phenoxy) is 2. The standard InChI is InChI=1S/C9H17NO2/c1-9(11-4-5-12-9)7-10-6-8-2-3-8/h8,10H,2-7H2,1H3. The Morgan fingerprint density at radius 2 is 2.00 bits per heavy atom. The number of nitrogens with one attached hydrogen (secondary N) is 1. The third kappa shape index (κ3) is 2.19.